The SMILES string of the molecule is CCOC1CC(N2CCCNC(C3CC3)C2)C1. The summed E-state index contributed by atoms with van der Waals surface area (Å²) in [7, 11) is 0. The minimum atomic E-state index is 0.556. The average Bonchev–Trinajstić information content (AvgIpc) is 3.07. The number of nitrogens with zero attached hydrogens (tertiary/aromatic N) is 1. The number of rotatable bonds is 4. The predicted molar refractivity (Wildman–Crippen MR) is 69.1 cm³/mol. The van der Waals surface area contributed by atoms with Crippen LogP contribution in [0.3, 0.4) is 0 Å². The smallest absolute Gasteiger partial charge is 0.0604 e. The van der Waals surface area contributed by atoms with Crippen LogP contribution in [-0.2, 0) is 4.74 Å². The summed E-state index contributed by atoms with van der Waals surface area (Å²) in [6.45, 7) is 6.78. The van der Waals surface area contributed by atoms with Gasteiger partial charge in [0.25, 0.3) is 0 Å². The largest absolute Gasteiger partial charge is 0.378 e. The Morgan fingerprint density at radius 2 is 2.12 bits per heavy atom. The summed E-state index contributed by atoms with van der Waals surface area (Å²) < 4.78 is 5.67. The van der Waals surface area contributed by atoms with Crippen LogP contribution in [0.15, 0.2) is 0 Å². The summed E-state index contributed by atoms with van der Waals surface area (Å²) in [5.41, 5.74) is 0. The molecule has 1 unspecified atom stereocenters. The molecule has 3 nitrogen and oxygen atoms in total. The van der Waals surface area contributed by atoms with E-state index in [1.54, 1.807) is 0 Å². The van der Waals surface area contributed by atoms with Gasteiger partial charge in [0.1, 0.15) is 0 Å². The summed E-state index contributed by atoms with van der Waals surface area (Å²) in [6, 6.07) is 1.59. The molecule has 0 spiro atoms. The molecule has 0 bridgehead atoms. The van der Waals surface area contributed by atoms with E-state index in [4.69, 9.17) is 4.74 Å². The van der Waals surface area contributed by atoms with Crippen LogP contribution < -0.4 is 5.32 Å². The van der Waals surface area contributed by atoms with Gasteiger partial charge < -0.3 is 10.1 Å². The molecule has 1 aliphatic heterocycles. The van der Waals surface area contributed by atoms with Crippen LogP contribution in [-0.4, -0.2) is 49.3 Å². The van der Waals surface area contributed by atoms with E-state index < -0.39 is 0 Å². The molecular formula is C14H26N2O. The monoisotopic (exact) mass is 238 g/mol. The van der Waals surface area contributed by atoms with Crippen molar-refractivity contribution in [2.45, 2.75) is 57.2 Å². The minimum Gasteiger partial charge on any atom is -0.378 e. The molecule has 0 amide bonds. The molecule has 98 valence electrons. The van der Waals surface area contributed by atoms with Gasteiger partial charge in [0.15, 0.2) is 0 Å². The number of hydrogen-bond donors (Lipinski definition) is 1. The van der Waals surface area contributed by atoms with Gasteiger partial charge in [-0.05, 0) is 58.0 Å². The molecular weight excluding hydrogens is 212 g/mol. The summed E-state index contributed by atoms with van der Waals surface area (Å²) in [5.74, 6) is 0.985. The highest BCUT2D eigenvalue weighted by Crippen LogP contribution is 2.35. The zero-order chi connectivity index (χ0) is 11.7. The maximum Gasteiger partial charge on any atom is 0.0604 e. The Bertz CT molecular complexity index is 249. The maximum absolute atomic E-state index is 5.67. The van der Waals surface area contributed by atoms with Gasteiger partial charge in [-0.1, -0.05) is 0 Å². The fraction of sp³-hybridized carbons (Fsp3) is 1.00. The van der Waals surface area contributed by atoms with Crippen LogP contribution in [0.1, 0.15) is 39.0 Å². The van der Waals surface area contributed by atoms with Gasteiger partial charge in [0.05, 0.1) is 6.10 Å². The van der Waals surface area contributed by atoms with Gasteiger partial charge in [0, 0.05) is 25.2 Å². The molecule has 1 heterocycles. The van der Waals surface area contributed by atoms with Crippen molar-refractivity contribution in [1.29, 1.82) is 0 Å². The molecule has 0 aromatic heterocycles. The Labute approximate surface area is 105 Å². The van der Waals surface area contributed by atoms with Crippen LogP contribution in [0.5, 0.6) is 0 Å². The van der Waals surface area contributed by atoms with Crippen molar-refractivity contribution in [1.82, 2.24) is 10.2 Å². The predicted octanol–water partition coefficient (Wildman–Crippen LogP) is 1.63. The Kier molecular flexibility index (Phi) is 3.69. The number of ether oxygens (including phenoxy) is 1. The van der Waals surface area contributed by atoms with Gasteiger partial charge in [-0.25, -0.2) is 0 Å². The van der Waals surface area contributed by atoms with E-state index >= 15 is 0 Å². The molecule has 1 N–H and O–H groups in total. The third kappa shape index (κ3) is 2.83. The van der Waals surface area contributed by atoms with Gasteiger partial charge in [0.2, 0.25) is 0 Å². The molecule has 1 saturated heterocycles. The van der Waals surface area contributed by atoms with E-state index in [0.717, 1.165) is 24.6 Å². The highest BCUT2D eigenvalue weighted by Gasteiger charge is 2.38. The zero-order valence-electron chi connectivity index (χ0n) is 11.0. The van der Waals surface area contributed by atoms with Gasteiger partial charge >= 0.3 is 0 Å². The van der Waals surface area contributed by atoms with Gasteiger partial charge in [-0.15, -0.1) is 0 Å². The highest BCUT2D eigenvalue weighted by atomic mass is 16.5. The van der Waals surface area contributed by atoms with E-state index in [0.29, 0.717) is 6.10 Å². The molecule has 3 fully saturated rings. The minimum absolute atomic E-state index is 0.556. The molecule has 3 aliphatic rings. The van der Waals surface area contributed by atoms with E-state index in [1.807, 2.05) is 0 Å². The lowest BCUT2D eigenvalue weighted by Gasteiger charge is -2.43. The first-order chi connectivity index (χ1) is 8.36. The molecule has 0 radical (unpaired) electrons. The fourth-order valence-electron chi connectivity index (χ4n) is 3.33. The van der Waals surface area contributed by atoms with Crippen LogP contribution in [0, 0.1) is 5.92 Å². The second kappa shape index (κ2) is 5.25. The van der Waals surface area contributed by atoms with Crippen LogP contribution >= 0.6 is 0 Å². The van der Waals surface area contributed by atoms with E-state index in [2.05, 4.69) is 17.1 Å². The molecule has 2 aliphatic carbocycles. The summed E-state index contributed by atoms with van der Waals surface area (Å²) >= 11 is 0. The van der Waals surface area contributed by atoms with Crippen molar-refractivity contribution in [2.75, 3.05) is 26.2 Å². The first-order valence-electron chi connectivity index (χ1n) is 7.46. The molecule has 2 saturated carbocycles. The van der Waals surface area contributed by atoms with E-state index in [9.17, 15) is 0 Å². The second-order valence-electron chi connectivity index (χ2n) is 5.95. The lowest BCUT2D eigenvalue weighted by molar-refractivity contribution is -0.0469. The van der Waals surface area contributed by atoms with Crippen molar-refractivity contribution in [3.8, 4) is 0 Å². The Balaban J connectivity index is 1.48. The lowest BCUT2D eigenvalue weighted by Crippen LogP contribution is -2.51. The van der Waals surface area contributed by atoms with Crippen LogP contribution in [0.25, 0.3) is 0 Å². The van der Waals surface area contributed by atoms with Gasteiger partial charge in [-0.3, -0.25) is 4.90 Å². The van der Waals surface area contributed by atoms with Crippen molar-refractivity contribution >= 4 is 0 Å². The molecule has 0 aromatic carbocycles. The first-order valence-corrected chi connectivity index (χ1v) is 7.46. The molecule has 1 atom stereocenters. The quantitative estimate of drug-likeness (QED) is 0.805. The lowest BCUT2D eigenvalue weighted by atomic mass is 9.87. The third-order valence-corrected chi connectivity index (χ3v) is 4.64. The van der Waals surface area contributed by atoms with Crippen LogP contribution in [0.2, 0.25) is 0 Å². The van der Waals surface area contributed by atoms with Crippen molar-refractivity contribution < 1.29 is 4.74 Å². The summed E-state index contributed by atoms with van der Waals surface area (Å²) in [5, 5.41) is 3.74. The second-order valence-corrected chi connectivity index (χ2v) is 5.95. The Morgan fingerprint density at radius 3 is 2.82 bits per heavy atom. The standard InChI is InChI=1S/C14H26N2O/c1-2-17-13-8-12(9-13)16-7-3-6-15-14(10-16)11-4-5-11/h11-15H,2-10H2,1H3. The van der Waals surface area contributed by atoms with E-state index in [1.165, 1.54) is 51.7 Å². The molecule has 3 heteroatoms. The van der Waals surface area contributed by atoms with Crippen molar-refractivity contribution in [3.63, 3.8) is 0 Å². The summed E-state index contributed by atoms with van der Waals surface area (Å²) in [4.78, 5) is 2.73. The Morgan fingerprint density at radius 1 is 1.29 bits per heavy atom. The van der Waals surface area contributed by atoms with Crippen molar-refractivity contribution in [2.24, 2.45) is 5.92 Å². The first kappa shape index (κ1) is 11.9. The normalized spacial score (nSPS) is 39.7. The van der Waals surface area contributed by atoms with Crippen molar-refractivity contribution in [3.05, 3.63) is 0 Å². The zero-order valence-corrected chi connectivity index (χ0v) is 11.0. The summed E-state index contributed by atoms with van der Waals surface area (Å²) in [6.07, 6.45) is 7.32. The average molecular weight is 238 g/mol. The molecule has 0 aromatic rings. The molecule has 17 heavy (non-hydrogen) atoms. The fourth-order valence-corrected chi connectivity index (χ4v) is 3.33. The third-order valence-electron chi connectivity index (χ3n) is 4.64. The Hall–Kier alpha value is -0.120. The van der Waals surface area contributed by atoms with E-state index in [-0.39, 0.29) is 0 Å². The number of hydrogen-bond acceptors (Lipinski definition) is 3. The molecule has 3 rings (SSSR count). The topological polar surface area (TPSA) is 24.5 Å². The van der Waals surface area contributed by atoms with Gasteiger partial charge in [-0.2, -0.15) is 0 Å². The maximum atomic E-state index is 5.67. The number of nitrogens with one attached hydrogen (secondary N) is 1. The van der Waals surface area contributed by atoms with Crippen LogP contribution in [0.4, 0.5) is 0 Å². The highest BCUT2D eigenvalue weighted by molar-refractivity contribution is 4.95.